The lowest BCUT2D eigenvalue weighted by Gasteiger charge is -2.17. The molecule has 0 bridgehead atoms. The fourth-order valence-electron chi connectivity index (χ4n) is 2.47. The van der Waals surface area contributed by atoms with E-state index in [-0.39, 0.29) is 6.04 Å². The van der Waals surface area contributed by atoms with E-state index in [4.69, 9.17) is 5.73 Å². The Morgan fingerprint density at radius 3 is 2.65 bits per heavy atom. The molecule has 3 rings (SSSR count). The second-order valence-corrected chi connectivity index (χ2v) is 5.98. The minimum Gasteiger partial charge on any atom is -0.320 e. The zero-order valence-corrected chi connectivity index (χ0v) is 13.3. The summed E-state index contributed by atoms with van der Waals surface area (Å²) in [7, 11) is 0. The maximum absolute atomic E-state index is 6.51. The Kier molecular flexibility index (Phi) is 3.72. The fourth-order valence-corrected chi connectivity index (χ4v) is 3.16. The first-order valence-corrected chi connectivity index (χ1v) is 7.59. The van der Waals surface area contributed by atoms with Crippen molar-refractivity contribution < 1.29 is 0 Å². The van der Waals surface area contributed by atoms with Gasteiger partial charge in [-0.3, -0.25) is 4.98 Å². The summed E-state index contributed by atoms with van der Waals surface area (Å²) in [6, 6.07) is 14.4. The van der Waals surface area contributed by atoms with E-state index in [1.54, 1.807) is 0 Å². The van der Waals surface area contributed by atoms with Gasteiger partial charge in [0, 0.05) is 21.4 Å². The number of benzene rings is 2. The van der Waals surface area contributed by atoms with Crippen molar-refractivity contribution in [3.8, 4) is 0 Å². The molecule has 2 nitrogen and oxygen atoms in total. The Morgan fingerprint density at radius 2 is 1.80 bits per heavy atom. The molecule has 100 valence electrons. The Hall–Kier alpha value is -1.46. The van der Waals surface area contributed by atoms with Crippen molar-refractivity contribution in [3.63, 3.8) is 0 Å². The van der Waals surface area contributed by atoms with Crippen LogP contribution in [0.15, 0.2) is 54.9 Å². The van der Waals surface area contributed by atoms with Gasteiger partial charge in [-0.05, 0) is 51.6 Å². The normalized spacial score (nSPS) is 12.6. The topological polar surface area (TPSA) is 38.9 Å². The molecule has 0 saturated heterocycles. The molecule has 20 heavy (non-hydrogen) atoms. The molecular formula is C17H15IN2. The van der Waals surface area contributed by atoms with Gasteiger partial charge in [-0.2, -0.15) is 0 Å². The van der Waals surface area contributed by atoms with E-state index in [1.807, 2.05) is 24.5 Å². The third kappa shape index (κ3) is 2.31. The molecule has 1 unspecified atom stereocenters. The Balaban J connectivity index is 2.18. The van der Waals surface area contributed by atoms with Gasteiger partial charge in [0.2, 0.25) is 0 Å². The van der Waals surface area contributed by atoms with Gasteiger partial charge >= 0.3 is 0 Å². The number of hydrogen-bond donors (Lipinski definition) is 1. The lowest BCUT2D eigenvalue weighted by Crippen LogP contribution is -2.14. The first-order valence-electron chi connectivity index (χ1n) is 6.51. The smallest absolute Gasteiger partial charge is 0.0583 e. The minimum absolute atomic E-state index is 0.152. The standard InChI is InChI=1S/C17H15IN2/c1-11-5-4-8-14(16(11)18)17(19)15-10-20-9-12-6-2-3-7-13(12)15/h2-10,17H,19H2,1H3. The average molecular weight is 374 g/mol. The molecule has 0 aliphatic carbocycles. The molecule has 0 aliphatic heterocycles. The van der Waals surface area contributed by atoms with Crippen LogP contribution in [-0.2, 0) is 0 Å². The predicted octanol–water partition coefficient (Wildman–Crippen LogP) is 4.20. The van der Waals surface area contributed by atoms with Crippen LogP contribution in [0.3, 0.4) is 0 Å². The van der Waals surface area contributed by atoms with E-state index in [0.29, 0.717) is 0 Å². The summed E-state index contributed by atoms with van der Waals surface area (Å²) in [5, 5.41) is 2.30. The number of aryl methyl sites for hydroxylation is 1. The van der Waals surface area contributed by atoms with Crippen molar-refractivity contribution in [1.29, 1.82) is 0 Å². The maximum atomic E-state index is 6.51. The summed E-state index contributed by atoms with van der Waals surface area (Å²) in [5.41, 5.74) is 10.00. The van der Waals surface area contributed by atoms with E-state index < -0.39 is 0 Å². The first-order chi connectivity index (χ1) is 9.68. The Bertz CT molecular complexity index is 763. The molecule has 0 saturated carbocycles. The lowest BCUT2D eigenvalue weighted by molar-refractivity contribution is 0.865. The Labute approximate surface area is 132 Å². The van der Waals surface area contributed by atoms with Gasteiger partial charge in [0.15, 0.2) is 0 Å². The molecule has 0 amide bonds. The number of nitrogens with zero attached hydrogens (tertiary/aromatic N) is 1. The van der Waals surface area contributed by atoms with Crippen LogP contribution < -0.4 is 5.73 Å². The van der Waals surface area contributed by atoms with Gasteiger partial charge in [-0.25, -0.2) is 0 Å². The molecule has 0 fully saturated rings. The number of aromatic nitrogens is 1. The number of hydrogen-bond acceptors (Lipinski definition) is 2. The molecule has 3 heteroatoms. The first kappa shape index (κ1) is 13.5. The van der Waals surface area contributed by atoms with Crippen LogP contribution in [0.2, 0.25) is 0 Å². The molecule has 2 aromatic carbocycles. The van der Waals surface area contributed by atoms with Gasteiger partial charge in [0.1, 0.15) is 0 Å². The molecule has 1 aromatic heterocycles. The summed E-state index contributed by atoms with van der Waals surface area (Å²) in [4.78, 5) is 4.33. The number of fused-ring (bicyclic) bond motifs is 1. The van der Waals surface area contributed by atoms with Crippen molar-refractivity contribution in [2.45, 2.75) is 13.0 Å². The molecule has 0 radical (unpaired) electrons. The van der Waals surface area contributed by atoms with Crippen LogP contribution in [0.4, 0.5) is 0 Å². The van der Waals surface area contributed by atoms with Crippen LogP contribution >= 0.6 is 22.6 Å². The van der Waals surface area contributed by atoms with Gasteiger partial charge in [0.05, 0.1) is 6.04 Å². The van der Waals surface area contributed by atoms with Crippen molar-refractivity contribution in [2.24, 2.45) is 5.73 Å². The minimum atomic E-state index is -0.152. The second kappa shape index (κ2) is 5.50. The van der Waals surface area contributed by atoms with Gasteiger partial charge in [0.25, 0.3) is 0 Å². The highest BCUT2D eigenvalue weighted by Crippen LogP contribution is 2.30. The van der Waals surface area contributed by atoms with Crippen molar-refractivity contribution >= 4 is 33.4 Å². The van der Waals surface area contributed by atoms with Gasteiger partial charge in [-0.15, -0.1) is 0 Å². The molecule has 0 aliphatic rings. The van der Waals surface area contributed by atoms with E-state index in [9.17, 15) is 0 Å². The summed E-state index contributed by atoms with van der Waals surface area (Å²) in [6.45, 7) is 2.11. The summed E-state index contributed by atoms with van der Waals surface area (Å²) >= 11 is 2.37. The van der Waals surface area contributed by atoms with Crippen molar-refractivity contribution in [1.82, 2.24) is 4.98 Å². The molecule has 1 heterocycles. The average Bonchev–Trinajstić information content (AvgIpc) is 2.49. The summed E-state index contributed by atoms with van der Waals surface area (Å²) < 4.78 is 1.23. The van der Waals surface area contributed by atoms with Crippen LogP contribution in [0, 0.1) is 10.5 Å². The van der Waals surface area contributed by atoms with Crippen LogP contribution in [0.1, 0.15) is 22.7 Å². The number of halogens is 1. The van der Waals surface area contributed by atoms with Crippen LogP contribution in [0.5, 0.6) is 0 Å². The molecular weight excluding hydrogens is 359 g/mol. The predicted molar refractivity (Wildman–Crippen MR) is 91.7 cm³/mol. The third-order valence-corrected chi connectivity index (χ3v) is 5.06. The molecule has 1 atom stereocenters. The lowest BCUT2D eigenvalue weighted by atomic mass is 9.95. The SMILES string of the molecule is Cc1cccc(C(N)c2cncc3ccccc23)c1I. The fraction of sp³-hybridized carbons (Fsp3) is 0.118. The quantitative estimate of drug-likeness (QED) is 0.683. The van der Waals surface area contributed by atoms with E-state index >= 15 is 0 Å². The second-order valence-electron chi connectivity index (χ2n) is 4.91. The highest BCUT2D eigenvalue weighted by atomic mass is 127. The van der Waals surface area contributed by atoms with Gasteiger partial charge in [-0.1, -0.05) is 42.5 Å². The number of nitrogens with two attached hydrogens (primary N) is 1. The zero-order chi connectivity index (χ0) is 14.1. The van der Waals surface area contributed by atoms with E-state index in [2.05, 4.69) is 64.8 Å². The highest BCUT2D eigenvalue weighted by molar-refractivity contribution is 14.1. The Morgan fingerprint density at radius 1 is 1.00 bits per heavy atom. The van der Waals surface area contributed by atoms with E-state index in [0.717, 1.165) is 16.5 Å². The third-order valence-electron chi connectivity index (χ3n) is 3.59. The molecule has 3 aromatic rings. The summed E-state index contributed by atoms with van der Waals surface area (Å²) in [6.07, 6.45) is 3.76. The monoisotopic (exact) mass is 374 g/mol. The maximum Gasteiger partial charge on any atom is 0.0583 e. The van der Waals surface area contributed by atoms with Crippen LogP contribution in [0.25, 0.3) is 10.8 Å². The number of pyridine rings is 1. The van der Waals surface area contributed by atoms with E-state index in [1.165, 1.54) is 14.5 Å². The number of rotatable bonds is 2. The molecule has 2 N–H and O–H groups in total. The van der Waals surface area contributed by atoms with Crippen molar-refractivity contribution in [2.75, 3.05) is 0 Å². The largest absolute Gasteiger partial charge is 0.320 e. The van der Waals surface area contributed by atoms with Gasteiger partial charge < -0.3 is 5.73 Å². The van der Waals surface area contributed by atoms with Crippen LogP contribution in [-0.4, -0.2) is 4.98 Å². The molecule has 0 spiro atoms. The zero-order valence-electron chi connectivity index (χ0n) is 11.2. The summed E-state index contributed by atoms with van der Waals surface area (Å²) in [5.74, 6) is 0. The highest BCUT2D eigenvalue weighted by Gasteiger charge is 2.15. The van der Waals surface area contributed by atoms with Crippen molar-refractivity contribution in [3.05, 3.63) is 75.1 Å².